The molecule has 112 valence electrons. The van der Waals surface area contributed by atoms with E-state index in [1.165, 1.54) is 0 Å². The molecule has 0 saturated heterocycles. The van der Waals surface area contributed by atoms with Gasteiger partial charge in [0.15, 0.2) is 5.69 Å². The lowest BCUT2D eigenvalue weighted by Gasteiger charge is -2.14. The molecule has 1 rings (SSSR count). The van der Waals surface area contributed by atoms with Crippen LogP contribution in [0.2, 0.25) is 0 Å². The van der Waals surface area contributed by atoms with Gasteiger partial charge in [-0.1, -0.05) is 20.8 Å². The van der Waals surface area contributed by atoms with E-state index >= 15 is 0 Å². The molecule has 0 radical (unpaired) electrons. The van der Waals surface area contributed by atoms with Gasteiger partial charge in [0.1, 0.15) is 5.82 Å². The first-order valence-corrected chi connectivity index (χ1v) is 7.41. The summed E-state index contributed by atoms with van der Waals surface area (Å²) in [5.41, 5.74) is 0.364. The Morgan fingerprint density at radius 3 is 2.50 bits per heavy atom. The number of anilines is 1. The third-order valence-electron chi connectivity index (χ3n) is 3.01. The van der Waals surface area contributed by atoms with Gasteiger partial charge in [0.25, 0.3) is 5.91 Å². The second-order valence-electron chi connectivity index (χ2n) is 5.58. The summed E-state index contributed by atoms with van der Waals surface area (Å²) < 4.78 is 0. The Kier molecular flexibility index (Phi) is 6.98. The van der Waals surface area contributed by atoms with Gasteiger partial charge in [0, 0.05) is 12.6 Å². The normalized spacial score (nSPS) is 12.2. The van der Waals surface area contributed by atoms with Gasteiger partial charge >= 0.3 is 0 Å². The average molecular weight is 278 g/mol. The maximum Gasteiger partial charge on any atom is 0.272 e. The Bertz CT molecular complexity index is 403. The summed E-state index contributed by atoms with van der Waals surface area (Å²) in [5.74, 6) is 1.20. The smallest absolute Gasteiger partial charge is 0.272 e. The van der Waals surface area contributed by atoms with Gasteiger partial charge in [-0.15, -0.1) is 10.2 Å². The molecule has 1 aromatic heterocycles. The summed E-state index contributed by atoms with van der Waals surface area (Å²) in [4.78, 5) is 12.0. The fraction of sp³-hybridized carbons (Fsp3) is 0.667. The molecule has 0 spiro atoms. The van der Waals surface area contributed by atoms with Crippen molar-refractivity contribution in [3.8, 4) is 0 Å². The van der Waals surface area contributed by atoms with Gasteiger partial charge in [-0.25, -0.2) is 0 Å². The molecule has 0 bridgehead atoms. The highest BCUT2D eigenvalue weighted by atomic mass is 16.2. The van der Waals surface area contributed by atoms with Crippen molar-refractivity contribution in [1.82, 2.24) is 15.5 Å². The summed E-state index contributed by atoms with van der Waals surface area (Å²) in [6, 6.07) is 3.65. The molecule has 1 atom stereocenters. The predicted octanol–water partition coefficient (Wildman–Crippen LogP) is 2.85. The summed E-state index contributed by atoms with van der Waals surface area (Å²) in [7, 11) is 0. The zero-order valence-corrected chi connectivity index (χ0v) is 12.9. The minimum absolute atomic E-state index is 0.157. The van der Waals surface area contributed by atoms with Crippen molar-refractivity contribution in [3.05, 3.63) is 17.8 Å². The minimum Gasteiger partial charge on any atom is -0.369 e. The van der Waals surface area contributed by atoms with Gasteiger partial charge in [-0.3, -0.25) is 4.79 Å². The number of carbonyl (C=O) groups is 1. The van der Waals surface area contributed by atoms with Crippen molar-refractivity contribution in [2.45, 2.75) is 53.0 Å². The second kappa shape index (κ2) is 8.51. The Morgan fingerprint density at radius 2 is 1.95 bits per heavy atom. The topological polar surface area (TPSA) is 66.9 Å². The fourth-order valence-electron chi connectivity index (χ4n) is 1.75. The van der Waals surface area contributed by atoms with Crippen molar-refractivity contribution < 1.29 is 4.79 Å². The first-order chi connectivity index (χ1) is 9.52. The largest absolute Gasteiger partial charge is 0.369 e. The van der Waals surface area contributed by atoms with Crippen molar-refractivity contribution in [3.63, 3.8) is 0 Å². The quantitative estimate of drug-likeness (QED) is 0.767. The van der Waals surface area contributed by atoms with Gasteiger partial charge in [-0.2, -0.15) is 0 Å². The molecule has 1 heterocycles. The molecule has 1 amide bonds. The van der Waals surface area contributed by atoms with Crippen LogP contribution in [-0.2, 0) is 0 Å². The molecule has 2 N–H and O–H groups in total. The molecule has 0 saturated carbocycles. The molecule has 0 aliphatic carbocycles. The Hall–Kier alpha value is -1.65. The summed E-state index contributed by atoms with van der Waals surface area (Å²) in [6.07, 6.45) is 3.11. The van der Waals surface area contributed by atoms with Crippen molar-refractivity contribution in [1.29, 1.82) is 0 Å². The zero-order valence-electron chi connectivity index (χ0n) is 12.9. The maximum absolute atomic E-state index is 12.0. The molecule has 20 heavy (non-hydrogen) atoms. The van der Waals surface area contributed by atoms with Crippen LogP contribution in [0, 0.1) is 5.92 Å². The van der Waals surface area contributed by atoms with Crippen LogP contribution in [0.3, 0.4) is 0 Å². The van der Waals surface area contributed by atoms with Crippen LogP contribution in [0.4, 0.5) is 5.82 Å². The lowest BCUT2D eigenvalue weighted by atomic mass is 10.0. The van der Waals surface area contributed by atoms with Crippen LogP contribution in [0.5, 0.6) is 0 Å². The van der Waals surface area contributed by atoms with Crippen LogP contribution >= 0.6 is 0 Å². The first kappa shape index (κ1) is 16.4. The lowest BCUT2D eigenvalue weighted by molar-refractivity contribution is 0.0931. The van der Waals surface area contributed by atoms with Crippen LogP contribution in [0.15, 0.2) is 12.1 Å². The Balaban J connectivity index is 2.46. The second-order valence-corrected chi connectivity index (χ2v) is 5.58. The number of nitrogens with zero attached hydrogens (tertiary/aromatic N) is 2. The van der Waals surface area contributed by atoms with Crippen molar-refractivity contribution in [2.75, 3.05) is 11.9 Å². The van der Waals surface area contributed by atoms with Crippen molar-refractivity contribution in [2.24, 2.45) is 5.92 Å². The molecule has 5 nitrogen and oxygen atoms in total. The summed E-state index contributed by atoms with van der Waals surface area (Å²) in [5, 5.41) is 14.0. The molecule has 0 aliphatic heterocycles. The highest BCUT2D eigenvalue weighted by Gasteiger charge is 2.12. The summed E-state index contributed by atoms with van der Waals surface area (Å²) in [6.45, 7) is 9.32. The Labute approximate surface area is 121 Å². The average Bonchev–Trinajstić information content (AvgIpc) is 2.43. The third-order valence-corrected chi connectivity index (χ3v) is 3.01. The number of rotatable bonds is 8. The zero-order chi connectivity index (χ0) is 15.0. The standard InChI is InChI=1S/C15H26N4O/c1-5-10-16-14-9-8-13(18-19-14)15(20)17-12(4)7-6-11(2)3/h8-9,11-12H,5-7,10H2,1-4H3,(H,16,19)(H,17,20). The van der Waals surface area contributed by atoms with E-state index in [0.29, 0.717) is 17.4 Å². The fourth-order valence-corrected chi connectivity index (χ4v) is 1.75. The van der Waals surface area contributed by atoms with E-state index in [2.05, 4.69) is 41.6 Å². The molecular formula is C15H26N4O. The number of carbonyl (C=O) groups excluding carboxylic acids is 1. The van der Waals surface area contributed by atoms with Gasteiger partial charge in [0.05, 0.1) is 0 Å². The SMILES string of the molecule is CCCNc1ccc(C(=O)NC(C)CCC(C)C)nn1. The van der Waals surface area contributed by atoms with Crippen LogP contribution in [0.1, 0.15) is 57.4 Å². The van der Waals surface area contributed by atoms with E-state index in [9.17, 15) is 4.79 Å². The highest BCUT2D eigenvalue weighted by Crippen LogP contribution is 2.07. The highest BCUT2D eigenvalue weighted by molar-refractivity contribution is 5.92. The van der Waals surface area contributed by atoms with Crippen LogP contribution < -0.4 is 10.6 Å². The van der Waals surface area contributed by atoms with Crippen LogP contribution in [-0.4, -0.2) is 28.7 Å². The third kappa shape index (κ3) is 5.99. The number of aromatic nitrogens is 2. The monoisotopic (exact) mass is 278 g/mol. The van der Waals surface area contributed by atoms with E-state index < -0.39 is 0 Å². The molecule has 5 heteroatoms. The Morgan fingerprint density at radius 1 is 1.20 bits per heavy atom. The van der Waals surface area contributed by atoms with E-state index in [0.717, 1.165) is 25.8 Å². The molecule has 0 fully saturated rings. The van der Waals surface area contributed by atoms with Gasteiger partial charge in [-0.05, 0) is 44.2 Å². The van der Waals surface area contributed by atoms with Gasteiger partial charge < -0.3 is 10.6 Å². The van der Waals surface area contributed by atoms with Crippen molar-refractivity contribution >= 4 is 11.7 Å². The van der Waals surface area contributed by atoms with E-state index in [4.69, 9.17) is 0 Å². The van der Waals surface area contributed by atoms with Crippen LogP contribution in [0.25, 0.3) is 0 Å². The molecule has 0 aliphatic rings. The van der Waals surface area contributed by atoms with E-state index in [1.807, 2.05) is 6.92 Å². The number of hydrogen-bond acceptors (Lipinski definition) is 4. The molecular weight excluding hydrogens is 252 g/mol. The maximum atomic E-state index is 12.0. The first-order valence-electron chi connectivity index (χ1n) is 7.41. The predicted molar refractivity (Wildman–Crippen MR) is 81.8 cm³/mol. The molecule has 0 aromatic carbocycles. The summed E-state index contributed by atoms with van der Waals surface area (Å²) >= 11 is 0. The lowest BCUT2D eigenvalue weighted by Crippen LogP contribution is -2.33. The number of nitrogens with one attached hydrogen (secondary N) is 2. The number of hydrogen-bond donors (Lipinski definition) is 2. The number of amides is 1. The van der Waals surface area contributed by atoms with Gasteiger partial charge in [0.2, 0.25) is 0 Å². The van der Waals surface area contributed by atoms with E-state index in [-0.39, 0.29) is 11.9 Å². The molecule has 1 aromatic rings. The molecule has 1 unspecified atom stereocenters. The van der Waals surface area contributed by atoms with E-state index in [1.54, 1.807) is 12.1 Å². The minimum atomic E-state index is -0.157.